The maximum Gasteiger partial charge on any atom is 0.0651 e. The topological polar surface area (TPSA) is 29.5 Å². The van der Waals surface area contributed by atoms with Crippen molar-refractivity contribution in [2.75, 3.05) is 6.61 Å². The van der Waals surface area contributed by atoms with Crippen LogP contribution >= 0.6 is 0 Å². The molecule has 0 aromatic rings. The summed E-state index contributed by atoms with van der Waals surface area (Å²) in [5.41, 5.74) is -0.350. The summed E-state index contributed by atoms with van der Waals surface area (Å²) < 4.78 is 5.66. The normalized spacial score (nSPS) is 42.9. The Morgan fingerprint density at radius 1 is 1.06 bits per heavy atom. The fraction of sp³-hybridized carbons (Fsp3) is 1.00. The largest absolute Gasteiger partial charge is 0.390 e. The maximum atomic E-state index is 10.7. The van der Waals surface area contributed by atoms with Crippen molar-refractivity contribution in [1.29, 1.82) is 0 Å². The van der Waals surface area contributed by atoms with Crippen molar-refractivity contribution in [1.82, 2.24) is 0 Å². The molecule has 3 unspecified atom stereocenters. The summed E-state index contributed by atoms with van der Waals surface area (Å²) in [5, 5.41) is 10.7. The molecule has 98 valence electrons. The summed E-state index contributed by atoms with van der Waals surface area (Å²) >= 11 is 0. The van der Waals surface area contributed by atoms with Gasteiger partial charge in [-0.25, -0.2) is 0 Å². The van der Waals surface area contributed by atoms with Crippen LogP contribution in [0.15, 0.2) is 0 Å². The van der Waals surface area contributed by atoms with Crippen molar-refractivity contribution >= 4 is 0 Å². The monoisotopic (exact) mass is 238 g/mol. The molecule has 2 heteroatoms. The molecule has 3 fully saturated rings. The summed E-state index contributed by atoms with van der Waals surface area (Å²) in [5.74, 6) is 1.79. The van der Waals surface area contributed by atoms with Crippen LogP contribution in [-0.2, 0) is 4.74 Å². The van der Waals surface area contributed by atoms with Gasteiger partial charge in [-0.05, 0) is 69.6 Å². The van der Waals surface area contributed by atoms with Gasteiger partial charge in [-0.1, -0.05) is 6.42 Å². The molecule has 0 amide bonds. The van der Waals surface area contributed by atoms with Crippen molar-refractivity contribution in [3.05, 3.63) is 0 Å². The second-order valence-electron chi connectivity index (χ2n) is 6.59. The van der Waals surface area contributed by atoms with Gasteiger partial charge < -0.3 is 9.84 Å². The number of hydrogen-bond acceptors (Lipinski definition) is 2. The summed E-state index contributed by atoms with van der Waals surface area (Å²) in [7, 11) is 0. The van der Waals surface area contributed by atoms with Crippen LogP contribution in [0.2, 0.25) is 0 Å². The molecule has 3 aliphatic rings. The van der Waals surface area contributed by atoms with Gasteiger partial charge in [0.2, 0.25) is 0 Å². The molecule has 3 atom stereocenters. The Kier molecular flexibility index (Phi) is 3.45. The molecule has 1 heterocycles. The molecule has 0 bridgehead atoms. The Labute approximate surface area is 105 Å². The lowest BCUT2D eigenvalue weighted by Crippen LogP contribution is -2.36. The van der Waals surface area contributed by atoms with Crippen LogP contribution in [0.25, 0.3) is 0 Å². The lowest BCUT2D eigenvalue weighted by atomic mass is 9.73. The Hall–Kier alpha value is -0.0800. The molecule has 1 saturated heterocycles. The Morgan fingerprint density at radius 3 is 2.65 bits per heavy atom. The second-order valence-corrected chi connectivity index (χ2v) is 6.59. The van der Waals surface area contributed by atoms with E-state index in [1.54, 1.807) is 0 Å². The van der Waals surface area contributed by atoms with Crippen molar-refractivity contribution in [2.45, 2.75) is 75.9 Å². The van der Waals surface area contributed by atoms with Gasteiger partial charge in [0.25, 0.3) is 0 Å². The minimum atomic E-state index is -0.350. The van der Waals surface area contributed by atoms with Gasteiger partial charge in [0, 0.05) is 6.61 Å². The average molecular weight is 238 g/mol. The summed E-state index contributed by atoms with van der Waals surface area (Å²) in [6.07, 6.45) is 12.5. The first-order chi connectivity index (χ1) is 8.25. The first-order valence-electron chi connectivity index (χ1n) is 7.59. The lowest BCUT2D eigenvalue weighted by Gasteiger charge is -2.37. The molecule has 1 N–H and O–H groups in total. The molecule has 0 spiro atoms. The van der Waals surface area contributed by atoms with Crippen LogP contribution in [0, 0.1) is 11.8 Å². The maximum absolute atomic E-state index is 10.7. The summed E-state index contributed by atoms with van der Waals surface area (Å²) in [6.45, 7) is 0.938. The molecular weight excluding hydrogens is 212 g/mol. The average Bonchev–Trinajstić information content (AvgIpc) is 3.04. The molecule has 2 nitrogen and oxygen atoms in total. The smallest absolute Gasteiger partial charge is 0.0651 e. The van der Waals surface area contributed by atoms with E-state index >= 15 is 0 Å². The molecule has 0 aromatic heterocycles. The van der Waals surface area contributed by atoms with Gasteiger partial charge in [0.15, 0.2) is 0 Å². The zero-order chi connectivity index (χ0) is 11.7. The second kappa shape index (κ2) is 4.89. The van der Waals surface area contributed by atoms with E-state index in [1.807, 2.05) is 0 Å². The molecule has 0 aromatic carbocycles. The van der Waals surface area contributed by atoms with Crippen molar-refractivity contribution in [2.24, 2.45) is 11.8 Å². The first kappa shape index (κ1) is 12.0. The molecule has 1 aliphatic heterocycles. The number of hydrogen-bond donors (Lipinski definition) is 1. The van der Waals surface area contributed by atoms with Crippen LogP contribution < -0.4 is 0 Å². The Morgan fingerprint density at radius 2 is 1.94 bits per heavy atom. The van der Waals surface area contributed by atoms with Gasteiger partial charge in [-0.15, -0.1) is 0 Å². The minimum Gasteiger partial charge on any atom is -0.390 e. The molecule has 17 heavy (non-hydrogen) atoms. The van der Waals surface area contributed by atoms with Crippen molar-refractivity contribution in [3.63, 3.8) is 0 Å². The highest BCUT2D eigenvalue weighted by Crippen LogP contribution is 2.47. The minimum absolute atomic E-state index is 0.350. The summed E-state index contributed by atoms with van der Waals surface area (Å²) in [6, 6.07) is 0. The van der Waals surface area contributed by atoms with Gasteiger partial charge in [0.1, 0.15) is 0 Å². The molecule has 3 rings (SSSR count). The van der Waals surface area contributed by atoms with E-state index in [4.69, 9.17) is 4.74 Å². The van der Waals surface area contributed by atoms with E-state index < -0.39 is 0 Å². The number of rotatable bonds is 4. The third-order valence-corrected chi connectivity index (χ3v) is 5.10. The van der Waals surface area contributed by atoms with Crippen LogP contribution in [0.4, 0.5) is 0 Å². The van der Waals surface area contributed by atoms with E-state index in [1.165, 1.54) is 38.5 Å². The van der Waals surface area contributed by atoms with E-state index in [-0.39, 0.29) is 5.60 Å². The molecular formula is C15H26O2. The lowest BCUT2D eigenvalue weighted by molar-refractivity contribution is -0.0381. The third-order valence-electron chi connectivity index (χ3n) is 5.10. The van der Waals surface area contributed by atoms with Crippen LogP contribution in [0.3, 0.4) is 0 Å². The molecule has 2 aliphatic carbocycles. The van der Waals surface area contributed by atoms with Crippen LogP contribution in [0.1, 0.15) is 64.2 Å². The quantitative estimate of drug-likeness (QED) is 0.814. The number of aliphatic hydroxyl groups is 1. The van der Waals surface area contributed by atoms with Crippen LogP contribution in [-0.4, -0.2) is 23.4 Å². The zero-order valence-corrected chi connectivity index (χ0v) is 10.9. The first-order valence-corrected chi connectivity index (χ1v) is 7.59. The van der Waals surface area contributed by atoms with E-state index in [9.17, 15) is 5.11 Å². The van der Waals surface area contributed by atoms with E-state index in [0.29, 0.717) is 6.10 Å². The molecule has 0 radical (unpaired) electrons. The highest BCUT2D eigenvalue weighted by molar-refractivity contribution is 4.93. The fourth-order valence-electron chi connectivity index (χ4n) is 3.88. The predicted octanol–water partition coefficient (Wildman–Crippen LogP) is 3.28. The Balaban J connectivity index is 1.48. The predicted molar refractivity (Wildman–Crippen MR) is 67.8 cm³/mol. The number of ether oxygens (including phenoxy) is 1. The third kappa shape index (κ3) is 3.03. The SMILES string of the molecule is OC1(CCC2CCCO2)CCCC(C2CC2)C1. The highest BCUT2D eigenvalue weighted by atomic mass is 16.5. The standard InChI is InChI=1S/C15H26O2/c16-15(9-7-14-4-2-10-17-14)8-1-3-13(11-15)12-5-6-12/h12-14,16H,1-11H2. The fourth-order valence-corrected chi connectivity index (χ4v) is 3.88. The van der Waals surface area contributed by atoms with Gasteiger partial charge in [-0.2, -0.15) is 0 Å². The van der Waals surface area contributed by atoms with Crippen LogP contribution in [0.5, 0.6) is 0 Å². The van der Waals surface area contributed by atoms with E-state index in [2.05, 4.69) is 0 Å². The zero-order valence-electron chi connectivity index (χ0n) is 10.9. The van der Waals surface area contributed by atoms with Gasteiger partial charge >= 0.3 is 0 Å². The van der Waals surface area contributed by atoms with E-state index in [0.717, 1.165) is 44.1 Å². The van der Waals surface area contributed by atoms with Gasteiger partial charge in [-0.3, -0.25) is 0 Å². The molecule has 2 saturated carbocycles. The van der Waals surface area contributed by atoms with Gasteiger partial charge in [0.05, 0.1) is 11.7 Å². The van der Waals surface area contributed by atoms with Crippen molar-refractivity contribution in [3.8, 4) is 0 Å². The Bertz CT molecular complexity index is 256. The van der Waals surface area contributed by atoms with Crippen molar-refractivity contribution < 1.29 is 9.84 Å². The summed E-state index contributed by atoms with van der Waals surface area (Å²) in [4.78, 5) is 0. The highest BCUT2D eigenvalue weighted by Gasteiger charge is 2.41.